The highest BCUT2D eigenvalue weighted by atomic mass is 32.1. The van der Waals surface area contributed by atoms with Gasteiger partial charge in [-0.3, -0.25) is 4.68 Å². The van der Waals surface area contributed by atoms with E-state index >= 15 is 0 Å². The van der Waals surface area contributed by atoms with E-state index in [1.54, 1.807) is 24.0 Å². The number of hydrogen-bond donors (Lipinski definition) is 3. The molecular weight excluding hydrogens is 288 g/mol. The summed E-state index contributed by atoms with van der Waals surface area (Å²) in [5, 5.41) is 23.6. The first-order valence-electron chi connectivity index (χ1n) is 6.72. The Bertz CT molecular complexity index is 590. The molecule has 3 N–H and O–H groups in total. The SMILES string of the molecule is CC(C)n1cc(NC(=O)NCC(C)(O)c2ccsc2)cn1. The van der Waals surface area contributed by atoms with Crippen LogP contribution in [0.25, 0.3) is 0 Å². The third-order valence-corrected chi connectivity index (χ3v) is 3.81. The summed E-state index contributed by atoms with van der Waals surface area (Å²) in [5.74, 6) is 0. The van der Waals surface area contributed by atoms with Crippen LogP contribution in [0, 0.1) is 0 Å². The molecule has 6 nitrogen and oxygen atoms in total. The van der Waals surface area contributed by atoms with E-state index in [4.69, 9.17) is 0 Å². The Labute approximate surface area is 127 Å². The average molecular weight is 308 g/mol. The van der Waals surface area contributed by atoms with E-state index in [1.165, 1.54) is 11.3 Å². The summed E-state index contributed by atoms with van der Waals surface area (Å²) in [6, 6.07) is 1.72. The van der Waals surface area contributed by atoms with Crippen molar-refractivity contribution in [1.82, 2.24) is 15.1 Å². The Morgan fingerprint density at radius 2 is 2.33 bits per heavy atom. The summed E-state index contributed by atoms with van der Waals surface area (Å²) in [4.78, 5) is 11.8. The Kier molecular flexibility index (Phi) is 4.64. The fraction of sp³-hybridized carbons (Fsp3) is 0.429. The number of urea groups is 1. The molecule has 2 aromatic heterocycles. The second kappa shape index (κ2) is 6.28. The fourth-order valence-electron chi connectivity index (χ4n) is 1.79. The van der Waals surface area contributed by atoms with Crippen LogP contribution in [0.2, 0.25) is 0 Å². The van der Waals surface area contributed by atoms with E-state index in [-0.39, 0.29) is 18.6 Å². The van der Waals surface area contributed by atoms with E-state index in [2.05, 4.69) is 15.7 Å². The molecule has 2 rings (SSSR count). The Hall–Kier alpha value is -1.86. The van der Waals surface area contributed by atoms with E-state index in [1.807, 2.05) is 30.7 Å². The first-order chi connectivity index (χ1) is 9.88. The molecule has 0 saturated carbocycles. The normalized spacial score (nSPS) is 14.0. The molecule has 0 aliphatic carbocycles. The highest BCUT2D eigenvalue weighted by Crippen LogP contribution is 2.22. The number of nitrogens with zero attached hydrogens (tertiary/aromatic N) is 2. The summed E-state index contributed by atoms with van der Waals surface area (Å²) < 4.78 is 1.76. The monoisotopic (exact) mass is 308 g/mol. The quantitative estimate of drug-likeness (QED) is 0.794. The van der Waals surface area contributed by atoms with Crippen molar-refractivity contribution in [2.75, 3.05) is 11.9 Å². The molecular formula is C14H20N4O2S. The number of nitrogens with one attached hydrogen (secondary N) is 2. The van der Waals surface area contributed by atoms with Gasteiger partial charge in [0.15, 0.2) is 0 Å². The smallest absolute Gasteiger partial charge is 0.319 e. The summed E-state index contributed by atoms with van der Waals surface area (Å²) >= 11 is 1.51. The number of rotatable bonds is 5. The van der Waals surface area contributed by atoms with Crippen LogP contribution in [0.4, 0.5) is 10.5 Å². The van der Waals surface area contributed by atoms with Crippen LogP contribution < -0.4 is 10.6 Å². The van der Waals surface area contributed by atoms with Crippen molar-refractivity contribution in [3.63, 3.8) is 0 Å². The predicted molar refractivity (Wildman–Crippen MR) is 83.5 cm³/mol. The minimum absolute atomic E-state index is 0.133. The largest absolute Gasteiger partial charge is 0.384 e. The van der Waals surface area contributed by atoms with Gasteiger partial charge in [-0.15, -0.1) is 0 Å². The van der Waals surface area contributed by atoms with Gasteiger partial charge in [0.2, 0.25) is 0 Å². The topological polar surface area (TPSA) is 79.2 Å². The predicted octanol–water partition coefficient (Wildman–Crippen LogP) is 2.55. The van der Waals surface area contributed by atoms with Crippen LogP contribution in [0.1, 0.15) is 32.4 Å². The molecule has 0 radical (unpaired) electrons. The lowest BCUT2D eigenvalue weighted by atomic mass is 9.99. The molecule has 0 aliphatic rings. The number of aliphatic hydroxyl groups is 1. The van der Waals surface area contributed by atoms with Crippen LogP contribution >= 0.6 is 11.3 Å². The molecule has 7 heteroatoms. The van der Waals surface area contributed by atoms with Gasteiger partial charge in [-0.05, 0) is 43.2 Å². The van der Waals surface area contributed by atoms with Gasteiger partial charge in [-0.25, -0.2) is 4.79 Å². The zero-order valence-corrected chi connectivity index (χ0v) is 13.1. The van der Waals surface area contributed by atoms with Crippen molar-refractivity contribution in [2.24, 2.45) is 0 Å². The van der Waals surface area contributed by atoms with Crippen molar-refractivity contribution in [3.8, 4) is 0 Å². The highest BCUT2D eigenvalue weighted by molar-refractivity contribution is 7.08. The van der Waals surface area contributed by atoms with E-state index in [0.29, 0.717) is 5.69 Å². The van der Waals surface area contributed by atoms with Gasteiger partial charge in [0.05, 0.1) is 18.4 Å². The van der Waals surface area contributed by atoms with E-state index in [9.17, 15) is 9.90 Å². The van der Waals surface area contributed by atoms with Gasteiger partial charge in [0, 0.05) is 12.2 Å². The summed E-state index contributed by atoms with van der Waals surface area (Å²) in [6.45, 7) is 5.82. The van der Waals surface area contributed by atoms with Gasteiger partial charge in [0.1, 0.15) is 5.60 Å². The molecule has 2 aromatic rings. The fourth-order valence-corrected chi connectivity index (χ4v) is 2.57. The number of aromatic nitrogens is 2. The van der Waals surface area contributed by atoms with E-state index < -0.39 is 5.60 Å². The first kappa shape index (κ1) is 15.5. The summed E-state index contributed by atoms with van der Waals surface area (Å²) in [7, 11) is 0. The van der Waals surface area contributed by atoms with Gasteiger partial charge in [-0.2, -0.15) is 16.4 Å². The zero-order chi connectivity index (χ0) is 15.5. The molecule has 0 bridgehead atoms. The first-order valence-corrected chi connectivity index (χ1v) is 7.67. The third kappa shape index (κ3) is 4.05. The van der Waals surface area contributed by atoms with Crippen molar-refractivity contribution in [3.05, 3.63) is 34.8 Å². The van der Waals surface area contributed by atoms with Crippen LogP contribution in [0.5, 0.6) is 0 Å². The van der Waals surface area contributed by atoms with Crippen molar-refractivity contribution < 1.29 is 9.90 Å². The molecule has 0 fully saturated rings. The maximum absolute atomic E-state index is 11.8. The number of thiophene rings is 1. The Balaban J connectivity index is 1.87. The standard InChI is InChI=1S/C14H20N4O2S/c1-10(2)18-7-12(6-16-18)17-13(19)15-9-14(3,20)11-4-5-21-8-11/h4-8,10,20H,9H2,1-3H3,(H2,15,17,19). The minimum atomic E-state index is -1.08. The lowest BCUT2D eigenvalue weighted by Gasteiger charge is -2.22. The van der Waals surface area contributed by atoms with E-state index in [0.717, 1.165) is 5.56 Å². The number of carbonyl (C=O) groups excluding carboxylic acids is 1. The second-order valence-electron chi connectivity index (χ2n) is 5.40. The Morgan fingerprint density at radius 3 is 2.90 bits per heavy atom. The number of hydrogen-bond acceptors (Lipinski definition) is 4. The van der Waals surface area contributed by atoms with Gasteiger partial charge < -0.3 is 15.7 Å². The van der Waals surface area contributed by atoms with Crippen LogP contribution in [0.15, 0.2) is 29.2 Å². The summed E-state index contributed by atoms with van der Waals surface area (Å²) in [5.41, 5.74) is 0.330. The zero-order valence-electron chi connectivity index (χ0n) is 12.3. The van der Waals surface area contributed by atoms with Crippen molar-refractivity contribution in [2.45, 2.75) is 32.4 Å². The van der Waals surface area contributed by atoms with Crippen LogP contribution in [0.3, 0.4) is 0 Å². The molecule has 0 saturated heterocycles. The van der Waals surface area contributed by atoms with Crippen LogP contribution in [-0.2, 0) is 5.60 Å². The molecule has 2 heterocycles. The summed E-state index contributed by atoms with van der Waals surface area (Å²) in [6.07, 6.45) is 3.36. The third-order valence-electron chi connectivity index (χ3n) is 3.12. The van der Waals surface area contributed by atoms with Crippen molar-refractivity contribution in [1.29, 1.82) is 0 Å². The molecule has 21 heavy (non-hydrogen) atoms. The molecule has 114 valence electrons. The lowest BCUT2D eigenvalue weighted by molar-refractivity contribution is 0.0604. The molecule has 1 atom stereocenters. The number of amides is 2. The molecule has 0 aromatic carbocycles. The molecule has 1 unspecified atom stereocenters. The Morgan fingerprint density at radius 1 is 1.57 bits per heavy atom. The van der Waals surface area contributed by atoms with Crippen molar-refractivity contribution >= 4 is 23.1 Å². The van der Waals surface area contributed by atoms with Gasteiger partial charge in [0.25, 0.3) is 0 Å². The number of carbonyl (C=O) groups is 1. The average Bonchev–Trinajstić information content (AvgIpc) is 3.07. The lowest BCUT2D eigenvalue weighted by Crippen LogP contribution is -2.40. The van der Waals surface area contributed by atoms with Gasteiger partial charge >= 0.3 is 6.03 Å². The molecule has 0 spiro atoms. The maximum atomic E-state index is 11.8. The molecule has 0 aliphatic heterocycles. The minimum Gasteiger partial charge on any atom is -0.384 e. The van der Waals surface area contributed by atoms with Crippen LogP contribution in [-0.4, -0.2) is 27.5 Å². The van der Waals surface area contributed by atoms with Gasteiger partial charge in [-0.1, -0.05) is 0 Å². The maximum Gasteiger partial charge on any atom is 0.319 e. The molecule has 2 amide bonds. The highest BCUT2D eigenvalue weighted by Gasteiger charge is 2.24. The number of anilines is 1. The second-order valence-corrected chi connectivity index (χ2v) is 6.18.